The van der Waals surface area contributed by atoms with Crippen molar-refractivity contribution in [3.8, 4) is 11.5 Å². The number of hydrogen-bond acceptors (Lipinski definition) is 5. The van der Waals surface area contributed by atoms with Crippen LogP contribution in [0.4, 0.5) is 8.78 Å². The summed E-state index contributed by atoms with van der Waals surface area (Å²) >= 11 is 0. The number of sulfonamides is 1. The van der Waals surface area contributed by atoms with Crippen molar-refractivity contribution in [1.29, 1.82) is 0 Å². The van der Waals surface area contributed by atoms with Crippen molar-refractivity contribution in [3.05, 3.63) is 66.2 Å². The van der Waals surface area contributed by atoms with E-state index in [0.29, 0.717) is 47.0 Å². The highest BCUT2D eigenvalue weighted by Crippen LogP contribution is 2.43. The number of fused-ring (bicyclic) bond motifs is 3. The Balaban J connectivity index is 1.35. The molecular weight excluding hydrogens is 574 g/mol. The van der Waals surface area contributed by atoms with Crippen LogP contribution in [0.15, 0.2) is 65.6 Å². The maximum Gasteiger partial charge on any atom is 0.298 e. The van der Waals surface area contributed by atoms with E-state index >= 15 is 8.78 Å². The van der Waals surface area contributed by atoms with Gasteiger partial charge in [0.2, 0.25) is 15.9 Å². The highest BCUT2D eigenvalue weighted by Gasteiger charge is 2.56. The Hall–Kier alpha value is -3.24. The second-order valence-corrected chi connectivity index (χ2v) is 14.5. The summed E-state index contributed by atoms with van der Waals surface area (Å²) in [5.41, 5.74) is -0.545. The molecule has 2 saturated heterocycles. The normalized spacial score (nSPS) is 23.7. The summed E-state index contributed by atoms with van der Waals surface area (Å²) in [5.74, 6) is -3.91. The Kier molecular flexibility index (Phi) is 7.87. The minimum Gasteiger partial charge on any atom is -0.508 e. The molecule has 2 bridgehead atoms. The SMILES string of the molecule is CC1CC2CCC(C1)N2C(=O)C(N(C)S(=O)(=O)c1ccc2cc(OC3CCCC3)ccc2c1)C(F)(F)c1ccc(O)cc1. The zero-order valence-corrected chi connectivity index (χ0v) is 25.3. The van der Waals surface area contributed by atoms with E-state index < -0.39 is 33.5 Å². The molecule has 0 aromatic heterocycles. The lowest BCUT2D eigenvalue weighted by Crippen LogP contribution is -2.60. The van der Waals surface area contributed by atoms with Gasteiger partial charge in [0, 0.05) is 24.7 Å². The topological polar surface area (TPSA) is 87.2 Å². The van der Waals surface area contributed by atoms with Crippen LogP contribution in [0.3, 0.4) is 0 Å². The first kappa shape index (κ1) is 29.8. The standard InChI is InChI=1S/C33H38F2N2O5S/c1-21-17-25-11-12-26(18-21)37(25)32(39)31(33(34,35)24-9-13-27(38)14-10-24)36(2)43(40,41)30-16-8-22-19-29(15-7-23(22)20-30)42-28-5-3-4-6-28/h7-10,13-16,19-21,25-26,28,31,38H,3-6,11-12,17-18H2,1-2H3. The minimum absolute atomic E-state index is 0.175. The zero-order chi connectivity index (χ0) is 30.5. The number of nitrogens with zero attached hydrogens (tertiary/aromatic N) is 2. The number of amides is 1. The maximum absolute atomic E-state index is 16.4. The Morgan fingerprint density at radius 1 is 0.953 bits per heavy atom. The van der Waals surface area contributed by atoms with Gasteiger partial charge in [0.1, 0.15) is 11.5 Å². The number of carbonyl (C=O) groups is 1. The summed E-state index contributed by atoms with van der Waals surface area (Å²) in [4.78, 5) is 15.5. The molecule has 0 radical (unpaired) electrons. The van der Waals surface area contributed by atoms with Gasteiger partial charge in [-0.3, -0.25) is 4.79 Å². The average Bonchev–Trinajstić information content (AvgIpc) is 3.58. The van der Waals surface area contributed by atoms with E-state index in [4.69, 9.17) is 4.74 Å². The number of aromatic hydroxyl groups is 1. The molecule has 3 fully saturated rings. The van der Waals surface area contributed by atoms with Crippen molar-refractivity contribution in [3.63, 3.8) is 0 Å². The lowest BCUT2D eigenvalue weighted by atomic mass is 9.90. The number of benzene rings is 3. The van der Waals surface area contributed by atoms with Gasteiger partial charge >= 0.3 is 0 Å². The monoisotopic (exact) mass is 612 g/mol. The lowest BCUT2D eigenvalue weighted by Gasteiger charge is -2.42. The first-order valence-electron chi connectivity index (χ1n) is 15.1. The van der Waals surface area contributed by atoms with Gasteiger partial charge in [-0.1, -0.05) is 19.1 Å². The van der Waals surface area contributed by atoms with Crippen LogP contribution >= 0.6 is 0 Å². The second-order valence-electron chi connectivity index (χ2n) is 12.5. The molecule has 43 heavy (non-hydrogen) atoms. The molecule has 10 heteroatoms. The number of piperidine rings is 1. The van der Waals surface area contributed by atoms with Crippen LogP contribution in [0, 0.1) is 5.92 Å². The summed E-state index contributed by atoms with van der Waals surface area (Å²) in [6, 6.07) is 11.5. The summed E-state index contributed by atoms with van der Waals surface area (Å²) in [5, 5.41) is 11.1. The number of carbonyl (C=O) groups excluding carboxylic acids is 1. The van der Waals surface area contributed by atoms with Gasteiger partial charge in [-0.2, -0.15) is 13.1 Å². The van der Waals surface area contributed by atoms with Crippen molar-refractivity contribution >= 4 is 26.7 Å². The van der Waals surface area contributed by atoms with E-state index in [1.54, 1.807) is 18.2 Å². The molecule has 3 aliphatic rings. The first-order chi connectivity index (χ1) is 20.4. The Labute approximate surface area is 251 Å². The number of phenolic OH excluding ortho intramolecular Hbond substituents is 1. The van der Waals surface area contributed by atoms with Crippen LogP contribution in [0.1, 0.15) is 63.9 Å². The van der Waals surface area contributed by atoms with Crippen LogP contribution in [0.5, 0.6) is 11.5 Å². The van der Waals surface area contributed by atoms with Gasteiger partial charge in [-0.15, -0.1) is 0 Å². The van der Waals surface area contributed by atoms with Crippen LogP contribution in [-0.2, 0) is 20.7 Å². The maximum atomic E-state index is 16.4. The largest absolute Gasteiger partial charge is 0.508 e. The molecule has 3 aromatic rings. The molecule has 7 nitrogen and oxygen atoms in total. The smallest absolute Gasteiger partial charge is 0.298 e. The molecule has 230 valence electrons. The molecule has 6 rings (SSSR count). The predicted octanol–water partition coefficient (Wildman–Crippen LogP) is 6.44. The quantitative estimate of drug-likeness (QED) is 0.317. The molecule has 2 heterocycles. The van der Waals surface area contributed by atoms with Crippen LogP contribution in [0.25, 0.3) is 10.8 Å². The summed E-state index contributed by atoms with van der Waals surface area (Å²) in [6.45, 7) is 2.09. The van der Waals surface area contributed by atoms with Crippen molar-refractivity contribution < 1.29 is 31.8 Å². The Morgan fingerprint density at radius 3 is 2.21 bits per heavy atom. The molecule has 1 amide bonds. The van der Waals surface area contributed by atoms with E-state index in [0.717, 1.165) is 62.4 Å². The Bertz CT molecular complexity index is 1590. The number of ether oxygens (including phenoxy) is 1. The Morgan fingerprint density at radius 2 is 1.56 bits per heavy atom. The molecule has 3 atom stereocenters. The van der Waals surface area contributed by atoms with Crippen molar-refractivity contribution in [2.45, 2.75) is 93.3 Å². The summed E-state index contributed by atoms with van der Waals surface area (Å²) in [7, 11) is -3.48. The fourth-order valence-corrected chi connectivity index (χ4v) is 8.62. The van der Waals surface area contributed by atoms with Gasteiger partial charge in [-0.25, -0.2) is 8.42 Å². The molecule has 0 spiro atoms. The van der Waals surface area contributed by atoms with E-state index in [1.807, 2.05) is 6.07 Å². The highest BCUT2D eigenvalue weighted by molar-refractivity contribution is 7.89. The molecular formula is C33H38F2N2O5S. The van der Waals surface area contributed by atoms with Crippen LogP contribution < -0.4 is 4.74 Å². The third kappa shape index (κ3) is 5.59. The van der Waals surface area contributed by atoms with Crippen LogP contribution in [0.2, 0.25) is 0 Å². The third-order valence-electron chi connectivity index (χ3n) is 9.48. The molecule has 3 unspecified atom stereocenters. The number of phenols is 1. The van der Waals surface area contributed by atoms with Gasteiger partial charge in [-0.05, 0) is 117 Å². The van der Waals surface area contributed by atoms with E-state index in [9.17, 15) is 18.3 Å². The number of likely N-dealkylation sites (N-methyl/N-ethyl adjacent to an activating group) is 1. The zero-order valence-electron chi connectivity index (χ0n) is 24.5. The molecule has 2 aliphatic heterocycles. The van der Waals surface area contributed by atoms with Crippen LogP contribution in [-0.4, -0.2) is 59.9 Å². The fourth-order valence-electron chi connectivity index (χ4n) is 7.27. The number of hydrogen-bond donors (Lipinski definition) is 1. The molecule has 1 N–H and O–H groups in total. The first-order valence-corrected chi connectivity index (χ1v) is 16.6. The molecule has 1 saturated carbocycles. The van der Waals surface area contributed by atoms with Crippen molar-refractivity contribution in [2.75, 3.05) is 7.05 Å². The summed E-state index contributed by atoms with van der Waals surface area (Å²) in [6.07, 6.45) is 7.30. The average molecular weight is 613 g/mol. The predicted molar refractivity (Wildman–Crippen MR) is 160 cm³/mol. The summed E-state index contributed by atoms with van der Waals surface area (Å²) < 4.78 is 67.5. The second kappa shape index (κ2) is 11.4. The van der Waals surface area contributed by atoms with Gasteiger partial charge in [0.15, 0.2) is 6.04 Å². The molecule has 3 aromatic carbocycles. The number of rotatable bonds is 8. The van der Waals surface area contributed by atoms with Gasteiger partial charge in [0.05, 0.1) is 11.0 Å². The van der Waals surface area contributed by atoms with E-state index in [-0.39, 0.29) is 28.8 Å². The van der Waals surface area contributed by atoms with E-state index in [1.165, 1.54) is 17.0 Å². The van der Waals surface area contributed by atoms with Gasteiger partial charge < -0.3 is 14.7 Å². The van der Waals surface area contributed by atoms with E-state index in [2.05, 4.69) is 6.92 Å². The molecule has 1 aliphatic carbocycles. The minimum atomic E-state index is -4.54. The number of halogens is 2. The van der Waals surface area contributed by atoms with Crippen molar-refractivity contribution in [2.24, 2.45) is 5.92 Å². The number of alkyl halides is 2. The lowest BCUT2D eigenvalue weighted by molar-refractivity contribution is -0.155. The van der Waals surface area contributed by atoms with Gasteiger partial charge in [0.25, 0.3) is 5.92 Å². The van der Waals surface area contributed by atoms with Crippen molar-refractivity contribution in [1.82, 2.24) is 9.21 Å². The fraction of sp³-hybridized carbons (Fsp3) is 0.485. The third-order valence-corrected chi connectivity index (χ3v) is 11.3. The highest BCUT2D eigenvalue weighted by atomic mass is 32.2.